The van der Waals surface area contributed by atoms with Crippen LogP contribution in [0.3, 0.4) is 0 Å². The Labute approximate surface area is 128 Å². The summed E-state index contributed by atoms with van der Waals surface area (Å²) in [4.78, 5) is 13.8. The van der Waals surface area contributed by atoms with Crippen molar-refractivity contribution in [1.29, 1.82) is 0 Å². The number of nitrogens with zero attached hydrogens (tertiary/aromatic N) is 3. The molecule has 0 radical (unpaired) electrons. The quantitative estimate of drug-likeness (QED) is 0.922. The molecule has 1 aromatic heterocycles. The van der Waals surface area contributed by atoms with Gasteiger partial charge in [0.25, 0.3) is 5.91 Å². The zero-order valence-corrected chi connectivity index (χ0v) is 12.8. The van der Waals surface area contributed by atoms with Gasteiger partial charge in [-0.1, -0.05) is 17.7 Å². The van der Waals surface area contributed by atoms with Crippen molar-refractivity contribution in [2.45, 2.75) is 19.4 Å². The average Bonchev–Trinajstić information content (AvgIpc) is 2.93. The SMILES string of the molecule is CC(O)CCN(C)C(=O)c1cnn(-c2cccc(Cl)c2)c1. The zero-order valence-electron chi connectivity index (χ0n) is 12.0. The van der Waals surface area contributed by atoms with E-state index in [2.05, 4.69) is 5.10 Å². The summed E-state index contributed by atoms with van der Waals surface area (Å²) in [5, 5.41) is 14.1. The van der Waals surface area contributed by atoms with Crippen molar-refractivity contribution in [3.8, 4) is 5.69 Å². The van der Waals surface area contributed by atoms with Crippen molar-refractivity contribution in [3.63, 3.8) is 0 Å². The Hall–Kier alpha value is -1.85. The molecule has 0 aliphatic carbocycles. The number of halogens is 1. The lowest BCUT2D eigenvalue weighted by atomic mass is 10.2. The number of aliphatic hydroxyl groups is 1. The van der Waals surface area contributed by atoms with Gasteiger partial charge in [0.05, 0.1) is 23.6 Å². The molecule has 1 N–H and O–H groups in total. The average molecular weight is 308 g/mol. The first-order chi connectivity index (χ1) is 9.97. The molecule has 1 aromatic carbocycles. The number of rotatable bonds is 5. The van der Waals surface area contributed by atoms with E-state index >= 15 is 0 Å². The maximum absolute atomic E-state index is 12.2. The minimum Gasteiger partial charge on any atom is -0.393 e. The first-order valence-electron chi connectivity index (χ1n) is 6.71. The summed E-state index contributed by atoms with van der Waals surface area (Å²) in [6.07, 6.45) is 3.33. The molecule has 0 spiro atoms. The standard InChI is InChI=1S/C15H18ClN3O2/c1-11(20)6-7-18(2)15(21)12-9-17-19(10-12)14-5-3-4-13(16)8-14/h3-5,8-11,20H,6-7H2,1-2H3. The van der Waals surface area contributed by atoms with Gasteiger partial charge in [0, 0.05) is 24.8 Å². The predicted octanol–water partition coefficient (Wildman–Crippen LogP) is 2.37. The van der Waals surface area contributed by atoms with E-state index in [0.29, 0.717) is 23.6 Å². The Morgan fingerprint density at radius 1 is 1.52 bits per heavy atom. The summed E-state index contributed by atoms with van der Waals surface area (Å²) < 4.78 is 1.61. The topological polar surface area (TPSA) is 58.4 Å². The highest BCUT2D eigenvalue weighted by Gasteiger charge is 2.14. The van der Waals surface area contributed by atoms with Crippen molar-refractivity contribution in [1.82, 2.24) is 14.7 Å². The van der Waals surface area contributed by atoms with E-state index in [4.69, 9.17) is 11.6 Å². The van der Waals surface area contributed by atoms with Crippen LogP contribution in [0.1, 0.15) is 23.7 Å². The van der Waals surface area contributed by atoms with Crippen molar-refractivity contribution >= 4 is 17.5 Å². The van der Waals surface area contributed by atoms with E-state index in [1.54, 1.807) is 41.9 Å². The second-order valence-electron chi connectivity index (χ2n) is 5.02. The zero-order chi connectivity index (χ0) is 15.4. The summed E-state index contributed by atoms with van der Waals surface area (Å²) >= 11 is 5.95. The van der Waals surface area contributed by atoms with Gasteiger partial charge in [0.1, 0.15) is 0 Å². The molecule has 5 nitrogen and oxygen atoms in total. The van der Waals surface area contributed by atoms with E-state index in [1.165, 1.54) is 6.20 Å². The Balaban J connectivity index is 2.10. The molecule has 1 atom stereocenters. The number of carbonyl (C=O) groups excluding carboxylic acids is 1. The number of benzene rings is 1. The lowest BCUT2D eigenvalue weighted by molar-refractivity contribution is 0.0769. The molecule has 0 aliphatic rings. The molecule has 1 unspecified atom stereocenters. The van der Waals surface area contributed by atoms with Crippen molar-refractivity contribution in [2.24, 2.45) is 0 Å². The van der Waals surface area contributed by atoms with Gasteiger partial charge in [0.2, 0.25) is 0 Å². The van der Waals surface area contributed by atoms with Crippen molar-refractivity contribution in [3.05, 3.63) is 47.2 Å². The van der Waals surface area contributed by atoms with Gasteiger partial charge < -0.3 is 10.0 Å². The first-order valence-corrected chi connectivity index (χ1v) is 7.09. The van der Waals surface area contributed by atoms with Crippen LogP contribution in [0.4, 0.5) is 0 Å². The minimum atomic E-state index is -0.422. The molecule has 112 valence electrons. The molecule has 0 bridgehead atoms. The van der Waals surface area contributed by atoms with Gasteiger partial charge in [-0.05, 0) is 31.5 Å². The third-order valence-electron chi connectivity index (χ3n) is 3.13. The molecule has 0 saturated heterocycles. The van der Waals surface area contributed by atoms with E-state index < -0.39 is 6.10 Å². The smallest absolute Gasteiger partial charge is 0.256 e. The molecule has 1 amide bonds. The van der Waals surface area contributed by atoms with Gasteiger partial charge in [-0.2, -0.15) is 5.10 Å². The highest BCUT2D eigenvalue weighted by Crippen LogP contribution is 2.15. The first kappa shape index (κ1) is 15.5. The molecule has 21 heavy (non-hydrogen) atoms. The van der Waals surface area contributed by atoms with E-state index in [0.717, 1.165) is 5.69 Å². The number of aromatic nitrogens is 2. The minimum absolute atomic E-state index is 0.121. The molecule has 0 saturated carbocycles. The van der Waals surface area contributed by atoms with Crippen LogP contribution in [-0.4, -0.2) is 45.4 Å². The van der Waals surface area contributed by atoms with Crippen LogP contribution in [0.25, 0.3) is 5.69 Å². The molecule has 2 rings (SSSR count). The van der Waals surface area contributed by atoms with Gasteiger partial charge >= 0.3 is 0 Å². The largest absolute Gasteiger partial charge is 0.393 e. The third-order valence-corrected chi connectivity index (χ3v) is 3.37. The Bertz CT molecular complexity index is 625. The Kier molecular flexibility index (Phi) is 4.98. The van der Waals surface area contributed by atoms with Crippen LogP contribution >= 0.6 is 11.6 Å². The molecule has 2 aromatic rings. The van der Waals surface area contributed by atoms with Crippen LogP contribution in [0, 0.1) is 0 Å². The lowest BCUT2D eigenvalue weighted by Crippen LogP contribution is -2.29. The monoisotopic (exact) mass is 307 g/mol. The van der Waals surface area contributed by atoms with Crippen LogP contribution in [0.2, 0.25) is 5.02 Å². The van der Waals surface area contributed by atoms with Crippen LogP contribution in [0.5, 0.6) is 0 Å². The number of aliphatic hydroxyl groups excluding tert-OH is 1. The molecule has 1 heterocycles. The van der Waals surface area contributed by atoms with Crippen LogP contribution in [0.15, 0.2) is 36.7 Å². The van der Waals surface area contributed by atoms with Gasteiger partial charge in [-0.3, -0.25) is 4.79 Å². The van der Waals surface area contributed by atoms with Gasteiger partial charge in [0.15, 0.2) is 0 Å². The fraction of sp³-hybridized carbons (Fsp3) is 0.333. The van der Waals surface area contributed by atoms with Crippen LogP contribution in [-0.2, 0) is 0 Å². The van der Waals surface area contributed by atoms with E-state index in [9.17, 15) is 9.90 Å². The van der Waals surface area contributed by atoms with Gasteiger partial charge in [-0.15, -0.1) is 0 Å². The fourth-order valence-electron chi connectivity index (χ4n) is 1.90. The number of amides is 1. The Morgan fingerprint density at radius 2 is 2.29 bits per heavy atom. The van der Waals surface area contributed by atoms with E-state index in [-0.39, 0.29) is 5.91 Å². The molecule has 6 heteroatoms. The maximum Gasteiger partial charge on any atom is 0.256 e. The summed E-state index contributed by atoms with van der Waals surface area (Å²) in [6, 6.07) is 7.25. The summed E-state index contributed by atoms with van der Waals surface area (Å²) in [6.45, 7) is 2.20. The lowest BCUT2D eigenvalue weighted by Gasteiger charge is -2.16. The molecule has 0 aliphatic heterocycles. The van der Waals surface area contributed by atoms with Crippen LogP contribution < -0.4 is 0 Å². The molecule has 0 fully saturated rings. The highest BCUT2D eigenvalue weighted by molar-refractivity contribution is 6.30. The normalized spacial score (nSPS) is 12.2. The summed E-state index contributed by atoms with van der Waals surface area (Å²) in [7, 11) is 1.71. The number of hydrogen-bond donors (Lipinski definition) is 1. The highest BCUT2D eigenvalue weighted by atomic mass is 35.5. The summed E-state index contributed by atoms with van der Waals surface area (Å²) in [5.41, 5.74) is 1.30. The third kappa shape index (κ3) is 4.06. The molecular weight excluding hydrogens is 290 g/mol. The maximum atomic E-state index is 12.2. The Morgan fingerprint density at radius 3 is 2.95 bits per heavy atom. The predicted molar refractivity (Wildman–Crippen MR) is 81.8 cm³/mol. The summed E-state index contributed by atoms with van der Waals surface area (Å²) in [5.74, 6) is -0.121. The second-order valence-corrected chi connectivity index (χ2v) is 5.45. The number of carbonyl (C=O) groups is 1. The van der Waals surface area contributed by atoms with Crippen molar-refractivity contribution in [2.75, 3.05) is 13.6 Å². The number of hydrogen-bond acceptors (Lipinski definition) is 3. The fourth-order valence-corrected chi connectivity index (χ4v) is 2.08. The molecular formula is C15H18ClN3O2. The van der Waals surface area contributed by atoms with Gasteiger partial charge in [-0.25, -0.2) is 4.68 Å². The van der Waals surface area contributed by atoms with E-state index in [1.807, 2.05) is 12.1 Å². The van der Waals surface area contributed by atoms with Crippen molar-refractivity contribution < 1.29 is 9.90 Å². The second kappa shape index (κ2) is 6.74.